The minimum atomic E-state index is 0.0135. The van der Waals surface area contributed by atoms with Crippen molar-refractivity contribution in [3.05, 3.63) is 21.9 Å². The Hall–Kier alpha value is -0.870. The molecule has 17 heavy (non-hydrogen) atoms. The molecule has 1 aromatic heterocycles. The minimum Gasteiger partial charge on any atom is -0.355 e. The van der Waals surface area contributed by atoms with Crippen molar-refractivity contribution in [1.29, 1.82) is 0 Å². The van der Waals surface area contributed by atoms with Gasteiger partial charge in [0.15, 0.2) is 0 Å². The Morgan fingerprint density at radius 2 is 2.18 bits per heavy atom. The van der Waals surface area contributed by atoms with E-state index in [4.69, 9.17) is 0 Å². The summed E-state index contributed by atoms with van der Waals surface area (Å²) in [5.41, 5.74) is 1.43. The van der Waals surface area contributed by atoms with Gasteiger partial charge in [-0.15, -0.1) is 11.3 Å². The lowest BCUT2D eigenvalue weighted by atomic mass is 9.92. The first-order chi connectivity index (χ1) is 8.34. The molecule has 2 N–H and O–H groups in total. The Labute approximate surface area is 106 Å². The van der Waals surface area contributed by atoms with Crippen molar-refractivity contribution in [3.63, 3.8) is 0 Å². The van der Waals surface area contributed by atoms with Gasteiger partial charge >= 0.3 is 0 Å². The van der Waals surface area contributed by atoms with Crippen LogP contribution in [0, 0.1) is 0 Å². The summed E-state index contributed by atoms with van der Waals surface area (Å²) >= 11 is 1.85. The molecular weight excluding hydrogens is 232 g/mol. The van der Waals surface area contributed by atoms with Crippen LogP contribution in [0.2, 0.25) is 0 Å². The lowest BCUT2D eigenvalue weighted by molar-refractivity contribution is -0.124. The maximum absolute atomic E-state index is 11.7. The number of nitrogens with one attached hydrogen (secondary N) is 2. The first-order valence-electron chi connectivity index (χ1n) is 6.44. The molecule has 92 valence electrons. The molecule has 1 aliphatic heterocycles. The quantitative estimate of drug-likeness (QED) is 0.843. The molecule has 4 heteroatoms. The van der Waals surface area contributed by atoms with Crippen LogP contribution in [0.4, 0.5) is 0 Å². The van der Waals surface area contributed by atoms with E-state index in [1.807, 2.05) is 11.3 Å². The molecule has 1 aromatic rings. The molecule has 1 fully saturated rings. The molecule has 2 aliphatic rings. The summed E-state index contributed by atoms with van der Waals surface area (Å²) in [6.07, 6.45) is 5.67. The van der Waals surface area contributed by atoms with E-state index >= 15 is 0 Å². The van der Waals surface area contributed by atoms with E-state index in [-0.39, 0.29) is 11.9 Å². The number of aryl methyl sites for hydroxylation is 1. The molecule has 0 spiro atoms. The fraction of sp³-hybridized carbons (Fsp3) is 0.615. The molecule has 1 amide bonds. The second-order valence-electron chi connectivity index (χ2n) is 4.90. The van der Waals surface area contributed by atoms with Gasteiger partial charge in [0, 0.05) is 17.5 Å². The van der Waals surface area contributed by atoms with Gasteiger partial charge in [0.05, 0.1) is 6.04 Å². The predicted molar refractivity (Wildman–Crippen MR) is 69.2 cm³/mol. The third kappa shape index (κ3) is 2.24. The summed E-state index contributed by atoms with van der Waals surface area (Å²) in [7, 11) is 0. The summed E-state index contributed by atoms with van der Waals surface area (Å²) in [5.74, 6) is 0.179. The zero-order valence-corrected chi connectivity index (χ0v) is 10.7. The highest BCUT2D eigenvalue weighted by Gasteiger charge is 2.28. The van der Waals surface area contributed by atoms with Crippen molar-refractivity contribution >= 4 is 17.2 Å². The number of carbonyl (C=O) groups is 1. The highest BCUT2D eigenvalue weighted by Crippen LogP contribution is 2.33. The normalized spacial score (nSPS) is 28.6. The van der Waals surface area contributed by atoms with Gasteiger partial charge in [-0.1, -0.05) is 0 Å². The zero-order chi connectivity index (χ0) is 11.7. The van der Waals surface area contributed by atoms with Crippen molar-refractivity contribution in [2.45, 2.75) is 44.2 Å². The van der Waals surface area contributed by atoms with Crippen LogP contribution in [-0.4, -0.2) is 18.5 Å². The summed E-state index contributed by atoms with van der Waals surface area (Å²) < 4.78 is 0. The Kier molecular flexibility index (Phi) is 3.16. The number of hydrogen-bond acceptors (Lipinski definition) is 3. The summed E-state index contributed by atoms with van der Waals surface area (Å²) in [6, 6.07) is 2.62. The molecule has 0 aromatic carbocycles. The highest BCUT2D eigenvalue weighted by molar-refractivity contribution is 7.10. The second kappa shape index (κ2) is 4.78. The van der Waals surface area contributed by atoms with E-state index in [0.29, 0.717) is 6.04 Å². The van der Waals surface area contributed by atoms with Gasteiger partial charge in [-0.25, -0.2) is 0 Å². The van der Waals surface area contributed by atoms with Gasteiger partial charge in [0.2, 0.25) is 5.91 Å². The SMILES string of the molecule is O=C1NCCCC1NC1CCCc2sccc21. The lowest BCUT2D eigenvalue weighted by Crippen LogP contribution is -2.49. The molecule has 2 unspecified atom stereocenters. The fourth-order valence-electron chi connectivity index (χ4n) is 2.83. The lowest BCUT2D eigenvalue weighted by Gasteiger charge is -2.30. The third-order valence-corrected chi connectivity index (χ3v) is 4.74. The van der Waals surface area contributed by atoms with E-state index in [9.17, 15) is 4.79 Å². The molecule has 2 heterocycles. The van der Waals surface area contributed by atoms with Crippen molar-refractivity contribution in [2.24, 2.45) is 0 Å². The van der Waals surface area contributed by atoms with E-state index in [0.717, 1.165) is 25.8 Å². The van der Waals surface area contributed by atoms with Gasteiger partial charge in [-0.2, -0.15) is 0 Å². The number of fused-ring (bicyclic) bond motifs is 1. The maximum Gasteiger partial charge on any atom is 0.237 e. The maximum atomic E-state index is 11.7. The summed E-state index contributed by atoms with van der Waals surface area (Å²) in [6.45, 7) is 0.839. The smallest absolute Gasteiger partial charge is 0.237 e. The van der Waals surface area contributed by atoms with E-state index < -0.39 is 0 Å². The van der Waals surface area contributed by atoms with Crippen LogP contribution in [0.1, 0.15) is 42.2 Å². The van der Waals surface area contributed by atoms with E-state index in [2.05, 4.69) is 22.1 Å². The number of amides is 1. The number of carbonyl (C=O) groups excluding carboxylic acids is 1. The van der Waals surface area contributed by atoms with Crippen molar-refractivity contribution in [2.75, 3.05) is 6.54 Å². The summed E-state index contributed by atoms with van der Waals surface area (Å²) in [5, 5.41) is 8.66. The van der Waals surface area contributed by atoms with Crippen LogP contribution in [0.25, 0.3) is 0 Å². The van der Waals surface area contributed by atoms with E-state index in [1.54, 1.807) is 0 Å². The van der Waals surface area contributed by atoms with Crippen molar-refractivity contribution in [1.82, 2.24) is 10.6 Å². The van der Waals surface area contributed by atoms with Crippen LogP contribution < -0.4 is 10.6 Å². The second-order valence-corrected chi connectivity index (χ2v) is 5.90. The topological polar surface area (TPSA) is 41.1 Å². The highest BCUT2D eigenvalue weighted by atomic mass is 32.1. The van der Waals surface area contributed by atoms with Gasteiger partial charge in [0.1, 0.15) is 0 Å². The number of thiophene rings is 1. The van der Waals surface area contributed by atoms with Crippen LogP contribution in [0.15, 0.2) is 11.4 Å². The molecule has 3 rings (SSSR count). The Morgan fingerprint density at radius 3 is 3.06 bits per heavy atom. The minimum absolute atomic E-state index is 0.0135. The van der Waals surface area contributed by atoms with Crippen LogP contribution >= 0.6 is 11.3 Å². The predicted octanol–water partition coefficient (Wildman–Crippen LogP) is 1.99. The number of piperidine rings is 1. The number of rotatable bonds is 2. The number of hydrogen-bond donors (Lipinski definition) is 2. The summed E-state index contributed by atoms with van der Waals surface area (Å²) in [4.78, 5) is 13.3. The van der Waals surface area contributed by atoms with Gasteiger partial charge in [0.25, 0.3) is 0 Å². The first-order valence-corrected chi connectivity index (χ1v) is 7.32. The van der Waals surface area contributed by atoms with Crippen LogP contribution in [-0.2, 0) is 11.2 Å². The standard InChI is InChI=1S/C13H18N2OS/c16-13-11(4-2-7-14-13)15-10-3-1-5-12-9(10)6-8-17-12/h6,8,10-11,15H,1-5,7H2,(H,14,16). The molecule has 0 radical (unpaired) electrons. The van der Waals surface area contributed by atoms with Gasteiger partial charge < -0.3 is 5.32 Å². The van der Waals surface area contributed by atoms with Gasteiger partial charge in [-0.3, -0.25) is 10.1 Å². The third-order valence-electron chi connectivity index (χ3n) is 3.74. The molecule has 0 bridgehead atoms. The van der Waals surface area contributed by atoms with Crippen LogP contribution in [0.5, 0.6) is 0 Å². The van der Waals surface area contributed by atoms with E-state index in [1.165, 1.54) is 23.3 Å². The first kappa shape index (κ1) is 11.2. The monoisotopic (exact) mass is 250 g/mol. The molecule has 1 aliphatic carbocycles. The molecule has 1 saturated heterocycles. The van der Waals surface area contributed by atoms with Crippen molar-refractivity contribution in [3.8, 4) is 0 Å². The molecule has 2 atom stereocenters. The Balaban J connectivity index is 1.72. The fourth-order valence-corrected chi connectivity index (χ4v) is 3.82. The Bertz CT molecular complexity index is 415. The zero-order valence-electron chi connectivity index (χ0n) is 9.87. The molecule has 3 nitrogen and oxygen atoms in total. The Morgan fingerprint density at radius 1 is 1.29 bits per heavy atom. The average Bonchev–Trinajstić information content (AvgIpc) is 2.81. The molecule has 0 saturated carbocycles. The largest absolute Gasteiger partial charge is 0.355 e. The van der Waals surface area contributed by atoms with Gasteiger partial charge in [-0.05, 0) is 49.1 Å². The van der Waals surface area contributed by atoms with Crippen LogP contribution in [0.3, 0.4) is 0 Å². The molecular formula is C13H18N2OS. The average molecular weight is 250 g/mol. The van der Waals surface area contributed by atoms with Crippen molar-refractivity contribution < 1.29 is 4.79 Å².